The summed E-state index contributed by atoms with van der Waals surface area (Å²) >= 11 is 1.72. The van der Waals surface area contributed by atoms with Crippen LogP contribution in [0.5, 0.6) is 0 Å². The van der Waals surface area contributed by atoms with Crippen LogP contribution >= 0.6 is 11.3 Å². The maximum Gasteiger partial charge on any atom is 0.255 e. The Kier molecular flexibility index (Phi) is 5.00. The molecule has 0 aromatic carbocycles. The van der Waals surface area contributed by atoms with E-state index in [1.807, 2.05) is 0 Å². The summed E-state index contributed by atoms with van der Waals surface area (Å²) in [5.74, 6) is 1.15. The van der Waals surface area contributed by atoms with Crippen LogP contribution in [0.2, 0.25) is 0 Å². The first kappa shape index (κ1) is 17.5. The number of nitrogens with zero attached hydrogens (tertiary/aromatic N) is 4. The van der Waals surface area contributed by atoms with Gasteiger partial charge in [0, 0.05) is 43.9 Å². The maximum absolute atomic E-state index is 12.6. The molecule has 6 nitrogen and oxygen atoms in total. The van der Waals surface area contributed by atoms with Crippen molar-refractivity contribution in [2.75, 3.05) is 13.1 Å². The Balaban J connectivity index is 1.51. The fraction of sp³-hybridized carbons (Fsp3) is 0.579. The van der Waals surface area contributed by atoms with E-state index in [4.69, 9.17) is 9.97 Å². The molecule has 0 aliphatic carbocycles. The smallest absolute Gasteiger partial charge is 0.255 e. The molecule has 0 spiro atoms. The normalized spacial score (nSPS) is 18.0. The van der Waals surface area contributed by atoms with Gasteiger partial charge in [-0.05, 0) is 19.3 Å². The monoisotopic (exact) mass is 371 g/mol. The number of thiazole rings is 1. The molecule has 138 valence electrons. The zero-order valence-corrected chi connectivity index (χ0v) is 16.2. The van der Waals surface area contributed by atoms with Crippen molar-refractivity contribution in [3.8, 4) is 0 Å². The summed E-state index contributed by atoms with van der Waals surface area (Å²) in [5, 5.41) is 3.31. The Morgan fingerprint density at radius 2 is 2.15 bits per heavy atom. The molecule has 26 heavy (non-hydrogen) atoms. The van der Waals surface area contributed by atoms with E-state index in [1.54, 1.807) is 11.3 Å². The first-order valence-electron chi connectivity index (χ1n) is 9.42. The fourth-order valence-corrected chi connectivity index (χ4v) is 4.36. The third kappa shape index (κ3) is 3.64. The van der Waals surface area contributed by atoms with E-state index in [9.17, 15) is 4.79 Å². The summed E-state index contributed by atoms with van der Waals surface area (Å²) in [6.45, 7) is 7.51. The predicted molar refractivity (Wildman–Crippen MR) is 104 cm³/mol. The predicted octanol–water partition coefficient (Wildman–Crippen LogP) is 2.88. The highest BCUT2D eigenvalue weighted by atomic mass is 32.1. The molecule has 0 radical (unpaired) electrons. The summed E-state index contributed by atoms with van der Waals surface area (Å²) in [7, 11) is 0. The molecule has 0 fully saturated rings. The van der Waals surface area contributed by atoms with Crippen molar-refractivity contribution >= 4 is 17.0 Å². The van der Waals surface area contributed by atoms with Crippen molar-refractivity contribution in [1.82, 2.24) is 19.9 Å². The average molecular weight is 372 g/mol. The summed E-state index contributed by atoms with van der Waals surface area (Å²) < 4.78 is 0. The van der Waals surface area contributed by atoms with Crippen LogP contribution in [0.4, 0.5) is 0 Å². The Bertz CT molecular complexity index is 882. The van der Waals surface area contributed by atoms with Crippen LogP contribution in [0, 0.1) is 0 Å². The summed E-state index contributed by atoms with van der Waals surface area (Å²) in [4.78, 5) is 31.9. The van der Waals surface area contributed by atoms with Gasteiger partial charge >= 0.3 is 0 Å². The topological polar surface area (TPSA) is 74.2 Å². The second-order valence-electron chi connectivity index (χ2n) is 7.42. The second kappa shape index (κ2) is 7.40. The second-order valence-corrected chi connectivity index (χ2v) is 8.31. The van der Waals surface area contributed by atoms with E-state index in [1.165, 1.54) is 5.01 Å². The number of H-pyrrole nitrogens is 1. The lowest BCUT2D eigenvalue weighted by Gasteiger charge is -2.27. The van der Waals surface area contributed by atoms with Crippen molar-refractivity contribution in [3.05, 3.63) is 43.5 Å². The van der Waals surface area contributed by atoms with Gasteiger partial charge in [0.1, 0.15) is 0 Å². The molecule has 0 bridgehead atoms. The number of hydrogen-bond acceptors (Lipinski definition) is 6. The van der Waals surface area contributed by atoms with Gasteiger partial charge in [0.25, 0.3) is 5.56 Å². The quantitative estimate of drug-likeness (QED) is 0.897. The largest absolute Gasteiger partial charge is 0.305 e. The van der Waals surface area contributed by atoms with Gasteiger partial charge in [-0.3, -0.25) is 14.7 Å². The zero-order chi connectivity index (χ0) is 18.1. The van der Waals surface area contributed by atoms with Crippen molar-refractivity contribution in [2.24, 2.45) is 4.99 Å². The molecule has 4 heterocycles. The molecule has 0 saturated carbocycles. The van der Waals surface area contributed by atoms with E-state index in [0.29, 0.717) is 18.3 Å². The summed E-state index contributed by atoms with van der Waals surface area (Å²) in [6, 6.07) is 0. The van der Waals surface area contributed by atoms with Gasteiger partial charge in [0.05, 0.1) is 27.7 Å². The first-order valence-corrected chi connectivity index (χ1v) is 10.3. The highest BCUT2D eigenvalue weighted by molar-refractivity contribution is 7.09. The molecule has 4 rings (SSSR count). The number of nitrogens with one attached hydrogen (secondary N) is 1. The minimum atomic E-state index is -0.0101. The fourth-order valence-electron chi connectivity index (χ4n) is 3.53. The van der Waals surface area contributed by atoms with Crippen LogP contribution in [0.15, 0.2) is 15.2 Å². The Labute approximate surface area is 157 Å². The number of fused-ring (bicyclic) bond motifs is 1. The van der Waals surface area contributed by atoms with Crippen molar-refractivity contribution in [1.29, 1.82) is 0 Å². The molecule has 0 amide bonds. The highest BCUT2D eigenvalue weighted by Crippen LogP contribution is 2.22. The minimum absolute atomic E-state index is 0.0101. The van der Waals surface area contributed by atoms with Gasteiger partial charge in [-0.2, -0.15) is 0 Å². The third-order valence-corrected chi connectivity index (χ3v) is 6.19. The molecule has 1 N–H and O–H groups in total. The molecule has 2 aromatic rings. The summed E-state index contributed by atoms with van der Waals surface area (Å²) in [5.41, 5.74) is 3.79. The third-order valence-electron chi connectivity index (χ3n) is 4.99. The molecular weight excluding hydrogens is 346 g/mol. The molecular formula is C19H25N5OS. The Hall–Kier alpha value is -1.86. The minimum Gasteiger partial charge on any atom is -0.305 e. The van der Waals surface area contributed by atoms with Crippen molar-refractivity contribution in [2.45, 2.75) is 58.5 Å². The van der Waals surface area contributed by atoms with Crippen LogP contribution in [0.3, 0.4) is 0 Å². The van der Waals surface area contributed by atoms with Crippen molar-refractivity contribution in [3.63, 3.8) is 0 Å². The lowest BCUT2D eigenvalue weighted by Crippen LogP contribution is -2.36. The van der Waals surface area contributed by atoms with Gasteiger partial charge in [-0.25, -0.2) is 9.97 Å². The molecule has 2 aliphatic rings. The average Bonchev–Trinajstić information content (AvgIpc) is 3.12. The van der Waals surface area contributed by atoms with Crippen molar-refractivity contribution < 1.29 is 0 Å². The lowest BCUT2D eigenvalue weighted by molar-refractivity contribution is 0.239. The van der Waals surface area contributed by atoms with Gasteiger partial charge in [0.2, 0.25) is 0 Å². The Morgan fingerprint density at radius 3 is 2.88 bits per heavy atom. The number of hydrogen-bond donors (Lipinski definition) is 1. The molecule has 2 aromatic heterocycles. The van der Waals surface area contributed by atoms with Crippen LogP contribution in [0.25, 0.3) is 0 Å². The maximum atomic E-state index is 12.6. The number of rotatable bonds is 4. The van der Waals surface area contributed by atoms with E-state index in [0.717, 1.165) is 68.0 Å². The summed E-state index contributed by atoms with van der Waals surface area (Å²) in [6.07, 6.45) is 3.97. The van der Waals surface area contributed by atoms with E-state index in [-0.39, 0.29) is 5.56 Å². The molecule has 0 saturated heterocycles. The number of aromatic amines is 1. The SMILES string of the molecule is CC(C)c1nc(CN2CCc3nc(C4=NCCCC4)[nH]c(=O)c3C2)cs1. The van der Waals surface area contributed by atoms with E-state index in [2.05, 4.69) is 34.1 Å². The van der Waals surface area contributed by atoms with E-state index < -0.39 is 0 Å². The van der Waals surface area contributed by atoms with Crippen LogP contribution < -0.4 is 5.56 Å². The number of aliphatic imine (C=N–C) groups is 1. The molecule has 7 heteroatoms. The lowest BCUT2D eigenvalue weighted by atomic mass is 10.1. The number of aromatic nitrogens is 3. The van der Waals surface area contributed by atoms with Crippen LogP contribution in [-0.2, 0) is 19.5 Å². The zero-order valence-electron chi connectivity index (χ0n) is 15.4. The van der Waals surface area contributed by atoms with Crippen LogP contribution in [0.1, 0.15) is 66.8 Å². The van der Waals surface area contributed by atoms with Gasteiger partial charge < -0.3 is 4.98 Å². The van der Waals surface area contributed by atoms with Gasteiger partial charge in [0.15, 0.2) is 5.82 Å². The molecule has 2 aliphatic heterocycles. The molecule has 0 unspecified atom stereocenters. The van der Waals surface area contributed by atoms with Crippen LogP contribution in [-0.4, -0.2) is 38.7 Å². The standard InChI is InChI=1S/C19H25N5OS/c1-12(2)19-21-13(11-26-19)9-24-8-6-15-14(10-24)18(25)23-17(22-15)16-5-3-4-7-20-16/h11-12H,3-10H2,1-2H3,(H,22,23,25). The van der Waals surface area contributed by atoms with E-state index >= 15 is 0 Å². The van der Waals surface area contributed by atoms with Gasteiger partial charge in [-0.1, -0.05) is 13.8 Å². The highest BCUT2D eigenvalue weighted by Gasteiger charge is 2.23. The first-order chi connectivity index (χ1) is 12.6. The molecule has 0 atom stereocenters. The Morgan fingerprint density at radius 1 is 1.27 bits per heavy atom. The van der Waals surface area contributed by atoms with Gasteiger partial charge in [-0.15, -0.1) is 11.3 Å².